The van der Waals surface area contributed by atoms with Gasteiger partial charge in [-0.2, -0.15) is 0 Å². The van der Waals surface area contributed by atoms with Crippen molar-refractivity contribution in [3.05, 3.63) is 48.1 Å². The van der Waals surface area contributed by atoms with Gasteiger partial charge in [-0.3, -0.25) is 4.79 Å². The molecule has 2 atom stereocenters. The highest BCUT2D eigenvalue weighted by Crippen LogP contribution is 2.66. The Hall–Kier alpha value is -1.92. The lowest BCUT2D eigenvalue weighted by molar-refractivity contribution is -0.125. The quantitative estimate of drug-likeness (QED) is 0.574. The summed E-state index contributed by atoms with van der Waals surface area (Å²) in [6.07, 6.45) is 4.86. The minimum Gasteiger partial charge on any atom is -0.497 e. The van der Waals surface area contributed by atoms with Crippen LogP contribution in [0.5, 0.6) is 5.75 Å². The van der Waals surface area contributed by atoms with E-state index in [2.05, 4.69) is 11.3 Å². The van der Waals surface area contributed by atoms with Crippen molar-refractivity contribution in [2.45, 2.75) is 26.7 Å². The largest absolute Gasteiger partial charge is 0.497 e. The van der Waals surface area contributed by atoms with E-state index >= 15 is 0 Å². The Morgan fingerprint density at radius 2 is 1.96 bits per heavy atom. The lowest BCUT2D eigenvalue weighted by Crippen LogP contribution is -2.45. The van der Waals surface area contributed by atoms with Crippen LogP contribution in [-0.2, 0) is 14.8 Å². The Balaban J connectivity index is 1.96. The summed E-state index contributed by atoms with van der Waals surface area (Å²) >= 11 is 0. The monoisotopic (exact) mass is 389 g/mol. The van der Waals surface area contributed by atoms with E-state index in [1.54, 1.807) is 7.11 Å². The molecular formula is C21H27NO4S. The summed E-state index contributed by atoms with van der Waals surface area (Å²) in [5.41, 5.74) is 0.398. The minimum atomic E-state index is -3.57. The van der Waals surface area contributed by atoms with E-state index in [1.165, 1.54) is 6.08 Å². The van der Waals surface area contributed by atoms with Crippen molar-refractivity contribution in [1.29, 1.82) is 0 Å². The highest BCUT2D eigenvalue weighted by molar-refractivity contribution is 7.89. The van der Waals surface area contributed by atoms with Crippen LogP contribution in [0.2, 0.25) is 0 Å². The zero-order chi connectivity index (χ0) is 19.9. The highest BCUT2D eigenvalue weighted by atomic mass is 32.2. The maximum Gasteiger partial charge on any atom is 0.212 e. The fourth-order valence-electron chi connectivity index (χ4n) is 4.72. The summed E-state index contributed by atoms with van der Waals surface area (Å²) in [5, 5.41) is 0. The van der Waals surface area contributed by atoms with Crippen LogP contribution < -0.4 is 9.46 Å². The lowest BCUT2D eigenvalue weighted by atomic mass is 9.70. The van der Waals surface area contributed by atoms with E-state index in [9.17, 15) is 13.2 Å². The minimum absolute atomic E-state index is 0.0245. The first-order chi connectivity index (χ1) is 12.7. The first-order valence-electron chi connectivity index (χ1n) is 9.15. The van der Waals surface area contributed by atoms with E-state index < -0.39 is 20.9 Å². The van der Waals surface area contributed by atoms with Gasteiger partial charge < -0.3 is 4.74 Å². The number of ketones is 1. The molecule has 3 rings (SSSR count). The highest BCUT2D eigenvalue weighted by Gasteiger charge is 2.67. The fraction of sp³-hybridized carbons (Fsp3) is 0.476. The van der Waals surface area contributed by atoms with Crippen LogP contribution in [0.3, 0.4) is 0 Å². The summed E-state index contributed by atoms with van der Waals surface area (Å²) < 4.78 is 32.8. The number of carbonyl (C=O) groups is 1. The third-order valence-corrected chi connectivity index (χ3v) is 7.84. The van der Waals surface area contributed by atoms with Gasteiger partial charge in [0.15, 0.2) is 5.78 Å². The van der Waals surface area contributed by atoms with Crippen molar-refractivity contribution >= 4 is 21.9 Å². The molecule has 0 amide bonds. The zero-order valence-corrected chi connectivity index (χ0v) is 16.9. The van der Waals surface area contributed by atoms with Gasteiger partial charge in [0.1, 0.15) is 5.75 Å². The van der Waals surface area contributed by atoms with Crippen LogP contribution in [0.1, 0.15) is 32.3 Å². The normalized spacial score (nSPS) is 27.9. The molecule has 2 fully saturated rings. The van der Waals surface area contributed by atoms with Gasteiger partial charge in [0.05, 0.1) is 18.3 Å². The number of sulfonamides is 1. The molecule has 0 radical (unpaired) electrons. The average Bonchev–Trinajstić information content (AvgIpc) is 2.95. The molecule has 0 saturated heterocycles. The second-order valence-electron chi connectivity index (χ2n) is 7.99. The number of hydrogen-bond acceptors (Lipinski definition) is 4. The number of hydrogen-bond donors (Lipinski definition) is 1. The van der Waals surface area contributed by atoms with Gasteiger partial charge in [0, 0.05) is 12.1 Å². The standard InChI is InChI=1S/C21H27NO4S/c1-5-12-22-27(24,25)14-21-11-10-18(20(21,2)3)17(19(21)23)13-15-6-8-16(26-4)9-7-15/h5-9,13,18,22H,1,10-12,14H2,2-4H3/b17-13-. The van der Waals surface area contributed by atoms with Crippen LogP contribution in [-0.4, -0.2) is 33.6 Å². The Bertz CT molecular complexity index is 883. The van der Waals surface area contributed by atoms with Crippen molar-refractivity contribution in [2.75, 3.05) is 19.4 Å². The van der Waals surface area contributed by atoms with Gasteiger partial charge in [-0.05, 0) is 47.9 Å². The fourth-order valence-corrected chi connectivity index (χ4v) is 6.49. The van der Waals surface area contributed by atoms with Gasteiger partial charge in [-0.1, -0.05) is 32.1 Å². The number of fused-ring (bicyclic) bond motifs is 2. The van der Waals surface area contributed by atoms with Crippen LogP contribution in [0.25, 0.3) is 6.08 Å². The van der Waals surface area contributed by atoms with Crippen LogP contribution in [0, 0.1) is 16.7 Å². The maximum absolute atomic E-state index is 13.4. The molecule has 1 N–H and O–H groups in total. The summed E-state index contributed by atoms with van der Waals surface area (Å²) in [7, 11) is -1.95. The molecular weight excluding hydrogens is 362 g/mol. The van der Waals surface area contributed by atoms with Gasteiger partial charge >= 0.3 is 0 Å². The molecule has 0 heterocycles. The molecule has 0 spiro atoms. The molecule has 1 aromatic rings. The van der Waals surface area contributed by atoms with Gasteiger partial charge in [-0.15, -0.1) is 6.58 Å². The van der Waals surface area contributed by atoms with Crippen LogP contribution in [0.4, 0.5) is 0 Å². The molecule has 6 heteroatoms. The summed E-state index contributed by atoms with van der Waals surface area (Å²) in [4.78, 5) is 13.4. The third-order valence-electron chi connectivity index (χ3n) is 6.36. The SMILES string of the molecule is C=CCNS(=O)(=O)CC12CCC(/C(=C/c3ccc(OC)cc3)C1=O)C2(C)C. The third kappa shape index (κ3) is 3.25. The van der Waals surface area contributed by atoms with E-state index in [-0.39, 0.29) is 24.0 Å². The smallest absolute Gasteiger partial charge is 0.212 e. The molecule has 146 valence electrons. The number of Topliss-reactive ketones (excluding diaryl/α,β-unsaturated/α-hetero) is 1. The second kappa shape index (κ2) is 6.91. The maximum atomic E-state index is 13.4. The van der Waals surface area contributed by atoms with E-state index in [0.29, 0.717) is 6.42 Å². The zero-order valence-electron chi connectivity index (χ0n) is 16.1. The van der Waals surface area contributed by atoms with Gasteiger partial charge in [0.2, 0.25) is 10.0 Å². The summed E-state index contributed by atoms with van der Waals surface area (Å²) in [6.45, 7) is 7.77. The number of benzene rings is 1. The molecule has 1 aromatic carbocycles. The van der Waals surface area contributed by atoms with E-state index in [1.807, 2.05) is 44.2 Å². The molecule has 0 aliphatic heterocycles. The van der Waals surface area contributed by atoms with Crippen molar-refractivity contribution in [3.8, 4) is 5.75 Å². The number of rotatable bonds is 7. The first-order valence-corrected chi connectivity index (χ1v) is 10.8. The molecule has 27 heavy (non-hydrogen) atoms. The first kappa shape index (κ1) is 19.8. The Morgan fingerprint density at radius 1 is 1.30 bits per heavy atom. The predicted octanol–water partition coefficient (Wildman–Crippen LogP) is 3.19. The summed E-state index contributed by atoms with van der Waals surface area (Å²) in [5.74, 6) is 0.633. The van der Waals surface area contributed by atoms with Crippen molar-refractivity contribution in [3.63, 3.8) is 0 Å². The number of carbonyl (C=O) groups excluding carboxylic acids is 1. The lowest BCUT2D eigenvalue weighted by Gasteiger charge is -2.35. The van der Waals surface area contributed by atoms with Crippen molar-refractivity contribution < 1.29 is 17.9 Å². The van der Waals surface area contributed by atoms with Gasteiger partial charge in [0.25, 0.3) is 0 Å². The molecule has 2 unspecified atom stereocenters. The second-order valence-corrected chi connectivity index (χ2v) is 9.80. The average molecular weight is 390 g/mol. The Morgan fingerprint density at radius 3 is 2.56 bits per heavy atom. The topological polar surface area (TPSA) is 72.5 Å². The molecule has 0 aromatic heterocycles. The number of methoxy groups -OCH3 is 1. The summed E-state index contributed by atoms with van der Waals surface area (Å²) in [6, 6.07) is 7.53. The number of nitrogens with one attached hydrogen (secondary N) is 1. The predicted molar refractivity (Wildman–Crippen MR) is 107 cm³/mol. The van der Waals surface area contributed by atoms with Gasteiger partial charge in [-0.25, -0.2) is 13.1 Å². The molecule has 2 aliphatic rings. The number of ether oxygens (including phenoxy) is 1. The molecule has 2 saturated carbocycles. The molecule has 5 nitrogen and oxygen atoms in total. The molecule has 2 aliphatic carbocycles. The Kier molecular flexibility index (Phi) is 5.08. The van der Waals surface area contributed by atoms with E-state index in [0.717, 1.165) is 23.3 Å². The molecule has 2 bridgehead atoms. The van der Waals surface area contributed by atoms with Crippen LogP contribution in [0.15, 0.2) is 42.5 Å². The number of allylic oxidation sites excluding steroid dienone is 1. The van der Waals surface area contributed by atoms with Crippen molar-refractivity contribution in [1.82, 2.24) is 4.72 Å². The Labute approximate surface area is 161 Å². The van der Waals surface area contributed by atoms with Crippen LogP contribution >= 0.6 is 0 Å². The van der Waals surface area contributed by atoms with Crippen molar-refractivity contribution in [2.24, 2.45) is 16.7 Å². The van der Waals surface area contributed by atoms with E-state index in [4.69, 9.17) is 4.74 Å².